The third-order valence-electron chi connectivity index (χ3n) is 8.53. The van der Waals surface area contributed by atoms with Crippen LogP contribution in [-0.4, -0.2) is 15.3 Å². The molecule has 52 heavy (non-hydrogen) atoms. The van der Waals surface area contributed by atoms with Gasteiger partial charge in [0.05, 0.1) is 9.47 Å². The first-order valence-corrected chi connectivity index (χ1v) is 17.9. The molecule has 0 heterocycles. The molecular formula is C44H38O6P2. The van der Waals surface area contributed by atoms with Gasteiger partial charge in [0, 0.05) is 34.2 Å². The van der Waals surface area contributed by atoms with E-state index >= 15 is 0 Å². The van der Waals surface area contributed by atoms with E-state index < -0.39 is 14.6 Å². The number of hydrogen-bond acceptors (Lipinski definition) is 6. The van der Waals surface area contributed by atoms with Crippen LogP contribution in [0.3, 0.4) is 0 Å². The molecule has 0 aliphatic heterocycles. The number of rotatable bonds is 11. The number of hydrogen-bond donors (Lipinski definition) is 3. The van der Waals surface area contributed by atoms with Gasteiger partial charge >= 0.3 is 0 Å². The monoisotopic (exact) mass is 724 g/mol. The molecule has 3 atom stereocenters. The van der Waals surface area contributed by atoms with Crippen molar-refractivity contribution in [3.8, 4) is 51.0 Å². The molecule has 7 aromatic carbocycles. The predicted octanol–water partition coefficient (Wildman–Crippen LogP) is 11.1. The van der Waals surface area contributed by atoms with E-state index in [0.29, 0.717) is 23.3 Å². The number of phenolic OH excluding ortho intramolecular Hbond substituents is 3. The minimum atomic E-state index is -1.00. The average Bonchev–Trinajstić information content (AvgIpc) is 3.19. The summed E-state index contributed by atoms with van der Waals surface area (Å²) in [6, 6.07) is 56.8. The second-order valence-electron chi connectivity index (χ2n) is 11.8. The Morgan fingerprint density at radius 3 is 1.46 bits per heavy atom. The van der Waals surface area contributed by atoms with Gasteiger partial charge in [-0.3, -0.25) is 0 Å². The number of aromatic hydroxyl groups is 3. The summed E-state index contributed by atoms with van der Waals surface area (Å²) in [5, 5.41) is 31.1. The molecule has 6 nitrogen and oxygen atoms in total. The van der Waals surface area contributed by atoms with Gasteiger partial charge < -0.3 is 28.9 Å². The lowest BCUT2D eigenvalue weighted by Gasteiger charge is -2.35. The van der Waals surface area contributed by atoms with Gasteiger partial charge in [-0.05, 0) is 41.5 Å². The average molecular weight is 725 g/mol. The van der Waals surface area contributed by atoms with Gasteiger partial charge in [0.1, 0.15) is 34.3 Å². The fourth-order valence-corrected chi connectivity index (χ4v) is 6.98. The van der Waals surface area contributed by atoms with Gasteiger partial charge in [0.2, 0.25) is 9.03 Å². The smallest absolute Gasteiger partial charge is 0.216 e. The van der Waals surface area contributed by atoms with Gasteiger partial charge in [-0.2, -0.15) is 0 Å². The van der Waals surface area contributed by atoms with Crippen molar-refractivity contribution in [1.29, 1.82) is 0 Å². The molecular weight excluding hydrogens is 686 g/mol. The predicted molar refractivity (Wildman–Crippen MR) is 213 cm³/mol. The highest BCUT2D eigenvalue weighted by atomic mass is 31.1. The van der Waals surface area contributed by atoms with Crippen LogP contribution in [0.2, 0.25) is 0 Å². The van der Waals surface area contributed by atoms with E-state index in [1.165, 1.54) is 0 Å². The molecule has 260 valence electrons. The molecule has 0 saturated carbocycles. The van der Waals surface area contributed by atoms with Crippen molar-refractivity contribution >= 4 is 18.5 Å². The zero-order valence-corrected chi connectivity index (χ0v) is 30.3. The number of benzene rings is 7. The van der Waals surface area contributed by atoms with Crippen LogP contribution >= 0.6 is 18.5 Å². The van der Waals surface area contributed by atoms with E-state index in [1.54, 1.807) is 36.4 Å². The number of phenols is 3. The molecule has 0 fully saturated rings. The highest BCUT2D eigenvalue weighted by Gasteiger charge is 2.38. The van der Waals surface area contributed by atoms with Crippen molar-refractivity contribution in [2.24, 2.45) is 0 Å². The van der Waals surface area contributed by atoms with Crippen LogP contribution in [0.25, 0.3) is 22.3 Å². The van der Waals surface area contributed by atoms with Gasteiger partial charge in [0.15, 0.2) is 0 Å². The van der Waals surface area contributed by atoms with E-state index in [2.05, 4.69) is 21.6 Å². The molecule has 0 amide bonds. The largest absolute Gasteiger partial charge is 0.508 e. The third-order valence-corrected chi connectivity index (χ3v) is 9.52. The fourth-order valence-electron chi connectivity index (χ4n) is 6.02. The first kappa shape index (κ1) is 36.2. The van der Waals surface area contributed by atoms with E-state index in [9.17, 15) is 15.3 Å². The van der Waals surface area contributed by atoms with Crippen LogP contribution in [0.5, 0.6) is 28.7 Å². The molecule has 0 saturated heterocycles. The maximum absolute atomic E-state index is 11.0. The summed E-state index contributed by atoms with van der Waals surface area (Å²) in [6.45, 7) is 0. The number of para-hydroxylation sites is 5. The van der Waals surface area contributed by atoms with E-state index in [4.69, 9.17) is 13.6 Å². The molecule has 0 spiro atoms. The summed E-state index contributed by atoms with van der Waals surface area (Å²) in [5.41, 5.74) is 4.74. The molecule has 0 radical (unpaired) electrons. The minimum absolute atomic E-state index is 0.154. The zero-order valence-electron chi connectivity index (χ0n) is 28.2. The fraction of sp³-hybridized carbons (Fsp3) is 0.0455. The molecule has 3 unspecified atom stereocenters. The third kappa shape index (κ3) is 8.45. The van der Waals surface area contributed by atoms with Crippen molar-refractivity contribution < 1.29 is 28.9 Å². The first-order valence-electron chi connectivity index (χ1n) is 16.6. The molecule has 7 aromatic rings. The Bertz CT molecular complexity index is 2200. The Balaban J connectivity index is 0.000000258. The summed E-state index contributed by atoms with van der Waals surface area (Å²) >= 11 is 0. The Labute approximate surface area is 308 Å². The van der Waals surface area contributed by atoms with Crippen molar-refractivity contribution in [2.45, 2.75) is 12.0 Å². The zero-order chi connectivity index (χ0) is 36.2. The van der Waals surface area contributed by atoms with Crippen molar-refractivity contribution in [3.63, 3.8) is 0 Å². The minimum Gasteiger partial charge on any atom is -0.508 e. The van der Waals surface area contributed by atoms with Crippen LogP contribution in [0.15, 0.2) is 182 Å². The van der Waals surface area contributed by atoms with Gasteiger partial charge in [0.25, 0.3) is 0 Å². The Morgan fingerprint density at radius 2 is 0.904 bits per heavy atom. The molecule has 7 rings (SSSR count). The first-order chi connectivity index (χ1) is 25.5. The van der Waals surface area contributed by atoms with E-state index in [1.807, 2.05) is 133 Å². The van der Waals surface area contributed by atoms with Crippen molar-refractivity contribution in [3.05, 3.63) is 199 Å². The lowest BCUT2D eigenvalue weighted by Crippen LogP contribution is -2.32. The summed E-state index contributed by atoms with van der Waals surface area (Å²) < 4.78 is 18.1. The Kier molecular flexibility index (Phi) is 12.2. The summed E-state index contributed by atoms with van der Waals surface area (Å²) in [6.07, 6.45) is 0.493. The van der Waals surface area contributed by atoms with Crippen LogP contribution in [0.4, 0.5) is 0 Å². The van der Waals surface area contributed by atoms with Gasteiger partial charge in [-0.1, -0.05) is 152 Å². The molecule has 3 N–H and O–H groups in total. The van der Waals surface area contributed by atoms with Crippen molar-refractivity contribution in [2.75, 3.05) is 0 Å². The van der Waals surface area contributed by atoms with Crippen LogP contribution in [0.1, 0.15) is 16.7 Å². The lowest BCUT2D eigenvalue weighted by atomic mass is 9.81. The van der Waals surface area contributed by atoms with Crippen molar-refractivity contribution in [1.82, 2.24) is 0 Å². The highest BCUT2D eigenvalue weighted by Crippen LogP contribution is 2.47. The molecule has 0 aliphatic rings. The van der Waals surface area contributed by atoms with Crippen LogP contribution < -0.4 is 9.05 Å². The molecule has 8 heteroatoms. The standard InChI is InChI=1S/C32H27O4P.C12H11O2P/c33-29-20-10-7-17-26(29)27-18-8-12-22-31(27)35-37-36-32(25-15-5-2-6-16-25,23-24-13-3-1-4-14-24)28-19-9-11-21-30(28)34;13-11-7-3-1-5-9(11)10-6-2-4-8-12(10)14-15/h1-22,33-34,37H,23H2;1-8,13H,15H2. The lowest BCUT2D eigenvalue weighted by molar-refractivity contribution is 0.120. The summed E-state index contributed by atoms with van der Waals surface area (Å²) in [7, 11) is 1.82. The maximum atomic E-state index is 11.0. The highest BCUT2D eigenvalue weighted by molar-refractivity contribution is 7.26. The SMILES string of the molecule is Oc1ccccc1-c1ccccc1OP.Oc1ccccc1-c1ccccc1OPOC(Cc1ccccc1)(c1ccccc1)c1ccccc1O. The van der Waals surface area contributed by atoms with Crippen LogP contribution in [0, 0.1) is 0 Å². The van der Waals surface area contributed by atoms with E-state index in [0.717, 1.165) is 33.6 Å². The second kappa shape index (κ2) is 17.5. The van der Waals surface area contributed by atoms with E-state index in [-0.39, 0.29) is 17.2 Å². The summed E-state index contributed by atoms with van der Waals surface area (Å²) in [5.74, 6) is 1.92. The Morgan fingerprint density at radius 1 is 0.462 bits per heavy atom. The van der Waals surface area contributed by atoms with Gasteiger partial charge in [-0.15, -0.1) is 0 Å². The van der Waals surface area contributed by atoms with Crippen LogP contribution in [-0.2, 0) is 16.5 Å². The van der Waals surface area contributed by atoms with Gasteiger partial charge in [-0.25, -0.2) is 0 Å². The quantitative estimate of drug-likeness (QED) is 0.115. The molecule has 0 aromatic heterocycles. The molecule has 0 aliphatic carbocycles. The summed E-state index contributed by atoms with van der Waals surface area (Å²) in [4.78, 5) is 0. The molecule has 0 bridgehead atoms. The Hall–Kier alpha value is -5.64. The topological polar surface area (TPSA) is 88.4 Å². The normalized spacial score (nSPS) is 12.0. The second-order valence-corrected chi connectivity index (χ2v) is 12.6. The maximum Gasteiger partial charge on any atom is 0.216 e.